The van der Waals surface area contributed by atoms with Crippen LogP contribution >= 0.6 is 0 Å². The molecule has 33 heavy (non-hydrogen) atoms. The van der Waals surface area contributed by atoms with Gasteiger partial charge in [-0.25, -0.2) is 4.39 Å². The summed E-state index contributed by atoms with van der Waals surface area (Å²) < 4.78 is 57.0. The van der Waals surface area contributed by atoms with E-state index in [0.29, 0.717) is 6.54 Å². The standard InChI is InChI=1S/C23H22F4N2O4/c1-3-4-11-28-19(31)12-16-13(2)29(17-9-10-18(30)21(24)20(16)17)22(32)14-5-7-15(8-6-14)33-23(25,26)27/h5-10,30H,3-4,11-12H2,1-2H3,(H,28,31). The van der Waals surface area contributed by atoms with Crippen LogP contribution in [0, 0.1) is 12.7 Å². The summed E-state index contributed by atoms with van der Waals surface area (Å²) in [7, 11) is 0. The van der Waals surface area contributed by atoms with E-state index in [0.717, 1.165) is 43.2 Å². The highest BCUT2D eigenvalue weighted by atomic mass is 19.4. The molecule has 3 rings (SSSR count). The Kier molecular flexibility index (Phi) is 6.95. The Hall–Kier alpha value is -3.56. The number of aromatic nitrogens is 1. The number of fused-ring (bicyclic) bond motifs is 1. The lowest BCUT2D eigenvalue weighted by atomic mass is 10.1. The number of phenolic OH excluding ortho intramolecular Hbond substituents is 1. The van der Waals surface area contributed by atoms with E-state index in [1.807, 2.05) is 6.92 Å². The predicted molar refractivity (Wildman–Crippen MR) is 113 cm³/mol. The van der Waals surface area contributed by atoms with Crippen LogP contribution in [0.25, 0.3) is 10.9 Å². The van der Waals surface area contributed by atoms with Crippen LogP contribution in [0.4, 0.5) is 17.6 Å². The Morgan fingerprint density at radius 1 is 1.12 bits per heavy atom. The second kappa shape index (κ2) is 9.51. The summed E-state index contributed by atoms with van der Waals surface area (Å²) in [4.78, 5) is 25.6. The second-order valence-electron chi connectivity index (χ2n) is 7.45. The van der Waals surface area contributed by atoms with Crippen LogP contribution in [0.15, 0.2) is 36.4 Å². The second-order valence-corrected chi connectivity index (χ2v) is 7.45. The van der Waals surface area contributed by atoms with Crippen molar-refractivity contribution in [1.82, 2.24) is 9.88 Å². The van der Waals surface area contributed by atoms with Crippen molar-refractivity contribution in [3.05, 3.63) is 59.0 Å². The summed E-state index contributed by atoms with van der Waals surface area (Å²) in [5.41, 5.74) is 0.662. The van der Waals surface area contributed by atoms with E-state index >= 15 is 0 Å². The van der Waals surface area contributed by atoms with Crippen molar-refractivity contribution < 1.29 is 37.0 Å². The minimum absolute atomic E-state index is 0.0250. The van der Waals surface area contributed by atoms with Crippen molar-refractivity contribution in [2.24, 2.45) is 0 Å². The number of ether oxygens (including phenoxy) is 1. The first kappa shape index (κ1) is 24.1. The minimum atomic E-state index is -4.87. The topological polar surface area (TPSA) is 80.6 Å². The number of unbranched alkanes of at least 4 members (excludes halogenated alkanes) is 1. The number of alkyl halides is 3. The SMILES string of the molecule is CCCCNC(=O)Cc1c(C)n(C(=O)c2ccc(OC(F)(F)F)cc2)c2ccc(O)c(F)c12. The maximum Gasteiger partial charge on any atom is 0.573 e. The maximum atomic E-state index is 14.9. The Labute approximate surface area is 186 Å². The lowest BCUT2D eigenvalue weighted by molar-refractivity contribution is -0.274. The van der Waals surface area contributed by atoms with Crippen LogP contribution in [0.1, 0.15) is 41.4 Å². The first-order valence-corrected chi connectivity index (χ1v) is 10.2. The van der Waals surface area contributed by atoms with Gasteiger partial charge >= 0.3 is 6.36 Å². The van der Waals surface area contributed by atoms with E-state index in [9.17, 15) is 32.3 Å². The molecule has 2 aromatic carbocycles. The normalized spacial score (nSPS) is 11.6. The van der Waals surface area contributed by atoms with Crippen LogP contribution in [0.3, 0.4) is 0 Å². The number of hydrogen-bond donors (Lipinski definition) is 2. The van der Waals surface area contributed by atoms with Crippen molar-refractivity contribution in [3.8, 4) is 11.5 Å². The molecule has 0 aliphatic rings. The zero-order valence-electron chi connectivity index (χ0n) is 17.9. The van der Waals surface area contributed by atoms with Gasteiger partial charge in [-0.05, 0) is 55.3 Å². The predicted octanol–water partition coefficient (Wildman–Crippen LogP) is 4.84. The fraction of sp³-hybridized carbons (Fsp3) is 0.304. The molecule has 0 radical (unpaired) electrons. The molecule has 1 heterocycles. The van der Waals surface area contributed by atoms with Crippen LogP contribution in [0.5, 0.6) is 11.5 Å². The monoisotopic (exact) mass is 466 g/mol. The number of aromatic hydroxyl groups is 1. The van der Waals surface area contributed by atoms with E-state index < -0.39 is 29.6 Å². The van der Waals surface area contributed by atoms with E-state index in [1.165, 1.54) is 17.6 Å². The zero-order chi connectivity index (χ0) is 24.3. The van der Waals surface area contributed by atoms with Gasteiger partial charge in [0.25, 0.3) is 5.91 Å². The van der Waals surface area contributed by atoms with Crippen molar-refractivity contribution >= 4 is 22.7 Å². The Morgan fingerprint density at radius 2 is 1.79 bits per heavy atom. The summed E-state index contributed by atoms with van der Waals surface area (Å²) in [5.74, 6) is -3.09. The third-order valence-electron chi connectivity index (χ3n) is 5.14. The van der Waals surface area contributed by atoms with Crippen LogP contribution in [-0.4, -0.2) is 34.4 Å². The highest BCUT2D eigenvalue weighted by Crippen LogP contribution is 2.34. The quantitative estimate of drug-likeness (QED) is 0.386. The van der Waals surface area contributed by atoms with Crippen molar-refractivity contribution in [2.45, 2.75) is 39.5 Å². The average Bonchev–Trinajstić information content (AvgIpc) is 3.02. The van der Waals surface area contributed by atoms with E-state index in [2.05, 4.69) is 10.1 Å². The number of amides is 1. The van der Waals surface area contributed by atoms with Gasteiger partial charge in [0.15, 0.2) is 11.6 Å². The third kappa shape index (κ3) is 5.27. The Bertz CT molecular complexity index is 1180. The third-order valence-corrected chi connectivity index (χ3v) is 5.14. The molecule has 6 nitrogen and oxygen atoms in total. The number of rotatable bonds is 7. The summed E-state index contributed by atoms with van der Waals surface area (Å²) in [6, 6.07) is 6.74. The van der Waals surface area contributed by atoms with Crippen molar-refractivity contribution in [2.75, 3.05) is 6.54 Å². The van der Waals surface area contributed by atoms with Gasteiger partial charge in [-0.15, -0.1) is 13.2 Å². The molecular weight excluding hydrogens is 444 g/mol. The molecule has 3 aromatic rings. The summed E-state index contributed by atoms with van der Waals surface area (Å²) >= 11 is 0. The first-order chi connectivity index (χ1) is 15.5. The highest BCUT2D eigenvalue weighted by molar-refractivity contribution is 6.05. The molecule has 10 heteroatoms. The van der Waals surface area contributed by atoms with Gasteiger partial charge < -0.3 is 15.2 Å². The minimum Gasteiger partial charge on any atom is -0.505 e. The number of carbonyl (C=O) groups is 2. The van der Waals surface area contributed by atoms with Gasteiger partial charge in [0, 0.05) is 23.2 Å². The number of nitrogens with one attached hydrogen (secondary N) is 1. The van der Waals surface area contributed by atoms with Crippen LogP contribution in [0.2, 0.25) is 0 Å². The maximum absolute atomic E-state index is 14.9. The Balaban J connectivity index is 2.02. The fourth-order valence-corrected chi connectivity index (χ4v) is 3.56. The molecule has 2 N–H and O–H groups in total. The van der Waals surface area contributed by atoms with E-state index in [1.54, 1.807) is 0 Å². The molecule has 0 aliphatic carbocycles. The molecule has 176 valence electrons. The molecule has 0 unspecified atom stereocenters. The Morgan fingerprint density at radius 3 is 2.39 bits per heavy atom. The van der Waals surface area contributed by atoms with Gasteiger partial charge in [-0.3, -0.25) is 14.2 Å². The summed E-state index contributed by atoms with van der Waals surface area (Å²) in [5, 5.41) is 12.5. The number of hydrogen-bond acceptors (Lipinski definition) is 4. The van der Waals surface area contributed by atoms with Gasteiger partial charge in [0.2, 0.25) is 5.91 Å². The molecular formula is C23H22F4N2O4. The summed E-state index contributed by atoms with van der Waals surface area (Å²) in [6.07, 6.45) is -3.44. The molecule has 0 fully saturated rings. The van der Waals surface area contributed by atoms with Crippen LogP contribution < -0.4 is 10.1 Å². The molecule has 0 atom stereocenters. The van der Waals surface area contributed by atoms with Crippen molar-refractivity contribution in [1.29, 1.82) is 0 Å². The lowest BCUT2D eigenvalue weighted by Crippen LogP contribution is -2.26. The number of carbonyl (C=O) groups excluding carboxylic acids is 2. The molecule has 0 saturated carbocycles. The first-order valence-electron chi connectivity index (χ1n) is 10.2. The fourth-order valence-electron chi connectivity index (χ4n) is 3.56. The molecule has 0 saturated heterocycles. The number of nitrogens with zero attached hydrogens (tertiary/aromatic N) is 1. The van der Waals surface area contributed by atoms with E-state index in [-0.39, 0.29) is 40.1 Å². The van der Waals surface area contributed by atoms with Gasteiger partial charge in [0.05, 0.1) is 11.9 Å². The molecule has 0 spiro atoms. The number of benzene rings is 2. The largest absolute Gasteiger partial charge is 0.573 e. The molecule has 1 amide bonds. The van der Waals surface area contributed by atoms with Gasteiger partial charge in [-0.1, -0.05) is 13.3 Å². The molecule has 1 aromatic heterocycles. The number of phenols is 1. The van der Waals surface area contributed by atoms with Crippen molar-refractivity contribution in [3.63, 3.8) is 0 Å². The number of halogens is 4. The van der Waals surface area contributed by atoms with Crippen LogP contribution in [-0.2, 0) is 11.2 Å². The van der Waals surface area contributed by atoms with E-state index in [4.69, 9.17) is 0 Å². The smallest absolute Gasteiger partial charge is 0.505 e. The molecule has 0 aliphatic heterocycles. The summed E-state index contributed by atoms with van der Waals surface area (Å²) in [6.45, 7) is 3.95. The molecule has 0 bridgehead atoms. The zero-order valence-corrected chi connectivity index (χ0v) is 17.9. The van der Waals surface area contributed by atoms with Gasteiger partial charge in [0.1, 0.15) is 5.75 Å². The van der Waals surface area contributed by atoms with Gasteiger partial charge in [-0.2, -0.15) is 0 Å². The average molecular weight is 466 g/mol. The highest BCUT2D eigenvalue weighted by Gasteiger charge is 2.31. The lowest BCUT2D eigenvalue weighted by Gasteiger charge is -2.11.